The van der Waals surface area contributed by atoms with Crippen LogP contribution in [0.4, 0.5) is 0 Å². The summed E-state index contributed by atoms with van der Waals surface area (Å²) in [7, 11) is 0. The summed E-state index contributed by atoms with van der Waals surface area (Å²) in [5.41, 5.74) is 0.228. The van der Waals surface area contributed by atoms with Gasteiger partial charge >= 0.3 is 5.97 Å². The van der Waals surface area contributed by atoms with Gasteiger partial charge in [0.2, 0.25) is 0 Å². The van der Waals surface area contributed by atoms with Gasteiger partial charge < -0.3 is 10.2 Å². The number of nitrogens with zero attached hydrogens (tertiary/aromatic N) is 1. The molecule has 0 aliphatic rings. The Labute approximate surface area is 103 Å². The Kier molecular flexibility index (Phi) is 4.61. The van der Waals surface area contributed by atoms with Gasteiger partial charge in [0.25, 0.3) is 6.04 Å². The first-order chi connectivity index (χ1) is 8.47. The van der Waals surface area contributed by atoms with Crippen LogP contribution in [0, 0.1) is 10.1 Å². The van der Waals surface area contributed by atoms with Crippen LogP contribution in [0.5, 0.6) is 5.75 Å². The number of aliphatic carboxylic acids is 1. The maximum Gasteiger partial charge on any atom is 0.328 e. The number of carboxylic acid groups (broad SMARTS) is 1. The fourth-order valence-corrected chi connectivity index (χ4v) is 1.66. The first-order valence-electron chi connectivity index (χ1n) is 5.36. The molecule has 2 atom stereocenters. The van der Waals surface area contributed by atoms with E-state index in [9.17, 15) is 14.9 Å². The largest absolute Gasteiger partial charge is 0.508 e. The Hall–Kier alpha value is -2.15. The molecular formula is C11H14N2O5. The van der Waals surface area contributed by atoms with Crippen molar-refractivity contribution in [2.24, 2.45) is 0 Å². The maximum absolute atomic E-state index is 11.1. The van der Waals surface area contributed by atoms with Crippen LogP contribution in [0.15, 0.2) is 24.3 Å². The number of likely N-dealkylation sites (N-methyl/N-ethyl adjacent to an activating group) is 1. The minimum Gasteiger partial charge on any atom is -0.508 e. The first kappa shape index (κ1) is 13.9. The van der Waals surface area contributed by atoms with Gasteiger partial charge in [-0.15, -0.1) is 0 Å². The van der Waals surface area contributed by atoms with Crippen LogP contribution in [-0.4, -0.2) is 33.7 Å². The van der Waals surface area contributed by atoms with Gasteiger partial charge in [-0.05, 0) is 30.8 Å². The molecule has 0 saturated heterocycles. The van der Waals surface area contributed by atoms with E-state index in [0.29, 0.717) is 6.54 Å². The Morgan fingerprint density at radius 1 is 1.44 bits per heavy atom. The summed E-state index contributed by atoms with van der Waals surface area (Å²) < 4.78 is 0. The summed E-state index contributed by atoms with van der Waals surface area (Å²) >= 11 is 0. The molecule has 0 aromatic heterocycles. The van der Waals surface area contributed by atoms with E-state index in [4.69, 9.17) is 10.2 Å². The van der Waals surface area contributed by atoms with E-state index in [0.717, 1.165) is 0 Å². The number of carboxylic acids is 1. The average Bonchev–Trinajstić information content (AvgIpc) is 2.30. The quantitative estimate of drug-likeness (QED) is 0.510. The van der Waals surface area contributed by atoms with Crippen molar-refractivity contribution in [2.75, 3.05) is 6.54 Å². The number of phenolic OH excluding ortho intramolecular Hbond substituents is 1. The number of aromatic hydroxyl groups is 1. The third kappa shape index (κ3) is 3.17. The standard InChI is InChI=1S/C11H14N2O5/c1-2-12-9(11(15)16)10(13(17)18)7-3-5-8(14)6-4-7/h3-6,9-10,12,14H,2H2,1H3,(H,15,16)/t9-,10?/m0/s1. The molecule has 7 nitrogen and oxygen atoms in total. The lowest BCUT2D eigenvalue weighted by molar-refractivity contribution is -0.531. The molecule has 1 unspecified atom stereocenters. The van der Waals surface area contributed by atoms with Gasteiger partial charge in [-0.2, -0.15) is 0 Å². The molecule has 0 amide bonds. The van der Waals surface area contributed by atoms with E-state index in [1.54, 1.807) is 6.92 Å². The fourth-order valence-electron chi connectivity index (χ4n) is 1.66. The van der Waals surface area contributed by atoms with E-state index in [-0.39, 0.29) is 11.3 Å². The minimum absolute atomic E-state index is 0.0313. The van der Waals surface area contributed by atoms with Gasteiger partial charge in [-0.1, -0.05) is 6.92 Å². The van der Waals surface area contributed by atoms with Crippen molar-refractivity contribution in [3.05, 3.63) is 39.9 Å². The van der Waals surface area contributed by atoms with Gasteiger partial charge in [-0.3, -0.25) is 20.2 Å². The van der Waals surface area contributed by atoms with Crippen LogP contribution in [0.1, 0.15) is 18.5 Å². The molecular weight excluding hydrogens is 240 g/mol. The van der Waals surface area contributed by atoms with E-state index in [1.165, 1.54) is 24.3 Å². The van der Waals surface area contributed by atoms with Crippen molar-refractivity contribution in [1.29, 1.82) is 0 Å². The van der Waals surface area contributed by atoms with Gasteiger partial charge in [-0.25, -0.2) is 0 Å². The second-order valence-corrected chi connectivity index (χ2v) is 3.70. The van der Waals surface area contributed by atoms with Gasteiger partial charge in [0.05, 0.1) is 0 Å². The first-order valence-corrected chi connectivity index (χ1v) is 5.36. The number of carbonyl (C=O) groups is 1. The zero-order chi connectivity index (χ0) is 13.7. The summed E-state index contributed by atoms with van der Waals surface area (Å²) in [6.07, 6.45) is 0. The minimum atomic E-state index is -1.40. The van der Waals surface area contributed by atoms with Crippen molar-refractivity contribution in [1.82, 2.24) is 5.32 Å². The smallest absolute Gasteiger partial charge is 0.328 e. The van der Waals surface area contributed by atoms with Crippen LogP contribution in [0.3, 0.4) is 0 Å². The molecule has 0 bridgehead atoms. The Balaban J connectivity index is 3.11. The fraction of sp³-hybridized carbons (Fsp3) is 0.364. The molecule has 0 saturated carbocycles. The molecule has 0 aliphatic carbocycles. The number of nitrogens with one attached hydrogen (secondary N) is 1. The second kappa shape index (κ2) is 5.97. The molecule has 7 heteroatoms. The highest BCUT2D eigenvalue weighted by Gasteiger charge is 2.38. The lowest BCUT2D eigenvalue weighted by Gasteiger charge is -2.18. The lowest BCUT2D eigenvalue weighted by atomic mass is 9.99. The van der Waals surface area contributed by atoms with E-state index >= 15 is 0 Å². The van der Waals surface area contributed by atoms with Crippen LogP contribution < -0.4 is 5.32 Å². The summed E-state index contributed by atoms with van der Waals surface area (Å²) in [5, 5.41) is 31.8. The Morgan fingerprint density at radius 3 is 2.39 bits per heavy atom. The number of rotatable bonds is 6. The van der Waals surface area contributed by atoms with Crippen molar-refractivity contribution < 1.29 is 19.9 Å². The highest BCUT2D eigenvalue weighted by Crippen LogP contribution is 2.23. The van der Waals surface area contributed by atoms with Crippen molar-refractivity contribution >= 4 is 5.97 Å². The number of nitro groups is 1. The number of hydrogen-bond donors (Lipinski definition) is 3. The zero-order valence-electron chi connectivity index (χ0n) is 9.74. The number of phenols is 1. The molecule has 0 spiro atoms. The Bertz CT molecular complexity index is 432. The van der Waals surface area contributed by atoms with Crippen LogP contribution in [0.25, 0.3) is 0 Å². The van der Waals surface area contributed by atoms with Gasteiger partial charge in [0, 0.05) is 10.5 Å². The molecule has 1 rings (SSSR count). The molecule has 18 heavy (non-hydrogen) atoms. The van der Waals surface area contributed by atoms with Crippen molar-refractivity contribution in [2.45, 2.75) is 19.0 Å². The number of hydrogen-bond acceptors (Lipinski definition) is 5. The third-order valence-electron chi connectivity index (χ3n) is 2.47. The highest BCUT2D eigenvalue weighted by molar-refractivity contribution is 5.74. The second-order valence-electron chi connectivity index (χ2n) is 3.70. The van der Waals surface area contributed by atoms with Crippen LogP contribution >= 0.6 is 0 Å². The maximum atomic E-state index is 11.1. The van der Waals surface area contributed by atoms with E-state index in [1.807, 2.05) is 0 Å². The van der Waals surface area contributed by atoms with Crippen LogP contribution in [-0.2, 0) is 4.79 Å². The molecule has 3 N–H and O–H groups in total. The predicted molar refractivity (Wildman–Crippen MR) is 62.9 cm³/mol. The van der Waals surface area contributed by atoms with Crippen LogP contribution in [0.2, 0.25) is 0 Å². The topological polar surface area (TPSA) is 113 Å². The number of benzene rings is 1. The lowest BCUT2D eigenvalue weighted by Crippen LogP contribution is -2.44. The summed E-state index contributed by atoms with van der Waals surface area (Å²) in [4.78, 5) is 21.5. The van der Waals surface area contributed by atoms with Crippen molar-refractivity contribution in [3.8, 4) is 5.75 Å². The van der Waals surface area contributed by atoms with Gasteiger partial charge in [0.15, 0.2) is 6.04 Å². The SMILES string of the molecule is CCN[C@H](C(=O)O)C(c1ccc(O)cc1)[N+](=O)[O-]. The summed E-state index contributed by atoms with van der Waals surface area (Å²) in [5.74, 6) is -1.32. The van der Waals surface area contributed by atoms with E-state index < -0.39 is 23.0 Å². The monoisotopic (exact) mass is 254 g/mol. The van der Waals surface area contributed by atoms with E-state index in [2.05, 4.69) is 5.32 Å². The van der Waals surface area contributed by atoms with Crippen molar-refractivity contribution in [3.63, 3.8) is 0 Å². The molecule has 0 fully saturated rings. The third-order valence-corrected chi connectivity index (χ3v) is 2.47. The average molecular weight is 254 g/mol. The summed E-state index contributed by atoms with van der Waals surface area (Å²) in [6.45, 7) is 1.98. The highest BCUT2D eigenvalue weighted by atomic mass is 16.6. The zero-order valence-corrected chi connectivity index (χ0v) is 9.74. The van der Waals surface area contributed by atoms with Gasteiger partial charge in [0.1, 0.15) is 5.75 Å². The molecule has 0 aliphatic heterocycles. The summed E-state index contributed by atoms with van der Waals surface area (Å²) in [6, 6.07) is 2.55. The molecule has 1 aromatic rings. The molecule has 0 heterocycles. The normalized spacial score (nSPS) is 13.8. The predicted octanol–water partition coefficient (Wildman–Crippen LogP) is 0.773. The molecule has 98 valence electrons. The molecule has 1 aromatic carbocycles. The molecule has 0 radical (unpaired) electrons. The Morgan fingerprint density at radius 2 is 2.00 bits per heavy atom.